The van der Waals surface area contributed by atoms with Crippen molar-refractivity contribution >= 4 is 17.4 Å². The van der Waals surface area contributed by atoms with Gasteiger partial charge in [0.15, 0.2) is 0 Å². The first-order valence-electron chi connectivity index (χ1n) is 6.22. The lowest BCUT2D eigenvalue weighted by Crippen LogP contribution is -2.36. The third-order valence-corrected chi connectivity index (χ3v) is 3.90. The zero-order chi connectivity index (χ0) is 12.3. The fourth-order valence-corrected chi connectivity index (χ4v) is 2.55. The third-order valence-electron chi connectivity index (χ3n) is 3.19. The molecule has 0 atom stereocenters. The minimum Gasteiger partial charge on any atom is -0.378 e. The summed E-state index contributed by atoms with van der Waals surface area (Å²) in [4.78, 5) is 3.78. The normalized spacial score (nSPS) is 16.6. The summed E-state index contributed by atoms with van der Waals surface area (Å²) in [5.41, 5.74) is 2.78. The maximum absolute atomic E-state index is 5.41. The number of hydrogen-bond donors (Lipinski definition) is 0. The van der Waals surface area contributed by atoms with Gasteiger partial charge in [-0.05, 0) is 35.9 Å². The van der Waals surface area contributed by atoms with Crippen molar-refractivity contribution in [2.45, 2.75) is 24.7 Å². The molecule has 1 aliphatic heterocycles. The van der Waals surface area contributed by atoms with Crippen molar-refractivity contribution in [1.29, 1.82) is 0 Å². The lowest BCUT2D eigenvalue weighted by Gasteiger charge is -2.29. The van der Waals surface area contributed by atoms with Gasteiger partial charge >= 0.3 is 0 Å². The summed E-state index contributed by atoms with van der Waals surface area (Å²) in [5.74, 6) is 0.585. The van der Waals surface area contributed by atoms with Crippen LogP contribution in [0.1, 0.15) is 25.3 Å². The van der Waals surface area contributed by atoms with Crippen LogP contribution in [0.3, 0.4) is 0 Å². The summed E-state index contributed by atoms with van der Waals surface area (Å²) in [7, 11) is 0. The van der Waals surface area contributed by atoms with Crippen molar-refractivity contribution < 1.29 is 4.74 Å². The zero-order valence-electron chi connectivity index (χ0n) is 10.9. The molecule has 2 nitrogen and oxygen atoms in total. The van der Waals surface area contributed by atoms with E-state index in [1.165, 1.54) is 16.1 Å². The Kier molecular flexibility index (Phi) is 4.35. The fraction of sp³-hybridized carbons (Fsp3) is 0.571. The van der Waals surface area contributed by atoms with E-state index < -0.39 is 0 Å². The van der Waals surface area contributed by atoms with Gasteiger partial charge < -0.3 is 9.64 Å². The molecular weight excluding hydrogens is 230 g/mol. The standard InChI is InChI=1S/C14H21NOS/c1-11(2)12-8-13(10-14(9-12)17-3)15-4-6-16-7-5-15/h8-11H,4-7H2,1-3H3. The van der Waals surface area contributed by atoms with Gasteiger partial charge in [0.25, 0.3) is 0 Å². The number of ether oxygens (including phenoxy) is 1. The minimum atomic E-state index is 0.585. The number of hydrogen-bond acceptors (Lipinski definition) is 3. The fourth-order valence-electron chi connectivity index (χ4n) is 2.06. The highest BCUT2D eigenvalue weighted by Gasteiger charge is 2.13. The van der Waals surface area contributed by atoms with Gasteiger partial charge in [-0.1, -0.05) is 13.8 Å². The summed E-state index contributed by atoms with van der Waals surface area (Å²) in [6.07, 6.45) is 2.14. The van der Waals surface area contributed by atoms with Gasteiger partial charge in [-0.2, -0.15) is 0 Å². The molecule has 0 aliphatic carbocycles. The Labute approximate surface area is 108 Å². The molecule has 1 saturated heterocycles. The lowest BCUT2D eigenvalue weighted by molar-refractivity contribution is 0.122. The molecule has 2 rings (SSSR count). The van der Waals surface area contributed by atoms with Crippen LogP contribution in [0.25, 0.3) is 0 Å². The van der Waals surface area contributed by atoms with E-state index in [2.05, 4.69) is 43.2 Å². The Morgan fingerprint density at radius 1 is 1.18 bits per heavy atom. The van der Waals surface area contributed by atoms with Crippen molar-refractivity contribution in [3.05, 3.63) is 23.8 Å². The first kappa shape index (κ1) is 12.8. The molecular formula is C14H21NOS. The van der Waals surface area contributed by atoms with E-state index in [0.29, 0.717) is 5.92 Å². The molecule has 0 unspecified atom stereocenters. The third kappa shape index (κ3) is 3.17. The van der Waals surface area contributed by atoms with Crippen LogP contribution in [0, 0.1) is 0 Å². The van der Waals surface area contributed by atoms with E-state index in [9.17, 15) is 0 Å². The summed E-state index contributed by atoms with van der Waals surface area (Å²) in [6.45, 7) is 8.22. The maximum Gasteiger partial charge on any atom is 0.0642 e. The smallest absolute Gasteiger partial charge is 0.0642 e. The van der Waals surface area contributed by atoms with Crippen LogP contribution >= 0.6 is 11.8 Å². The molecule has 94 valence electrons. The Morgan fingerprint density at radius 2 is 1.88 bits per heavy atom. The summed E-state index contributed by atoms with van der Waals surface area (Å²) < 4.78 is 5.41. The monoisotopic (exact) mass is 251 g/mol. The van der Waals surface area contributed by atoms with E-state index in [0.717, 1.165) is 26.3 Å². The van der Waals surface area contributed by atoms with Gasteiger partial charge in [0.2, 0.25) is 0 Å². The van der Waals surface area contributed by atoms with Crippen LogP contribution < -0.4 is 4.90 Å². The lowest BCUT2D eigenvalue weighted by atomic mass is 10.0. The average molecular weight is 251 g/mol. The molecule has 1 heterocycles. The molecule has 0 N–H and O–H groups in total. The van der Waals surface area contributed by atoms with Crippen LogP contribution in [0.4, 0.5) is 5.69 Å². The van der Waals surface area contributed by atoms with Gasteiger partial charge in [0, 0.05) is 23.7 Å². The highest BCUT2D eigenvalue weighted by atomic mass is 32.2. The van der Waals surface area contributed by atoms with Gasteiger partial charge in [-0.3, -0.25) is 0 Å². The summed E-state index contributed by atoms with van der Waals surface area (Å²) >= 11 is 1.82. The van der Waals surface area contributed by atoms with Crippen LogP contribution in [-0.2, 0) is 4.74 Å². The maximum atomic E-state index is 5.41. The first-order valence-corrected chi connectivity index (χ1v) is 7.45. The average Bonchev–Trinajstić information content (AvgIpc) is 2.39. The van der Waals surface area contributed by atoms with Gasteiger partial charge in [-0.25, -0.2) is 0 Å². The molecule has 0 bridgehead atoms. The number of anilines is 1. The molecule has 0 spiro atoms. The van der Waals surface area contributed by atoms with Crippen molar-refractivity contribution in [3.8, 4) is 0 Å². The first-order chi connectivity index (χ1) is 8.20. The van der Waals surface area contributed by atoms with Crippen LogP contribution in [-0.4, -0.2) is 32.6 Å². The minimum absolute atomic E-state index is 0.585. The molecule has 1 fully saturated rings. The molecule has 0 amide bonds. The van der Waals surface area contributed by atoms with E-state index in [1.807, 2.05) is 11.8 Å². The van der Waals surface area contributed by atoms with Gasteiger partial charge in [-0.15, -0.1) is 11.8 Å². The second-order valence-corrected chi connectivity index (χ2v) is 5.60. The molecule has 1 aliphatic rings. The highest BCUT2D eigenvalue weighted by molar-refractivity contribution is 7.98. The molecule has 17 heavy (non-hydrogen) atoms. The number of morpholine rings is 1. The van der Waals surface area contributed by atoms with E-state index >= 15 is 0 Å². The van der Waals surface area contributed by atoms with Gasteiger partial charge in [0.1, 0.15) is 0 Å². The SMILES string of the molecule is CSc1cc(C(C)C)cc(N2CCOCC2)c1. The summed E-state index contributed by atoms with van der Waals surface area (Å²) in [5, 5.41) is 0. The molecule has 0 aromatic heterocycles. The van der Waals surface area contributed by atoms with Gasteiger partial charge in [0.05, 0.1) is 13.2 Å². The Morgan fingerprint density at radius 3 is 2.47 bits per heavy atom. The van der Waals surface area contributed by atoms with Crippen molar-refractivity contribution in [2.24, 2.45) is 0 Å². The number of rotatable bonds is 3. The topological polar surface area (TPSA) is 12.5 Å². The highest BCUT2D eigenvalue weighted by Crippen LogP contribution is 2.28. The van der Waals surface area contributed by atoms with Crippen LogP contribution in [0.2, 0.25) is 0 Å². The molecule has 1 aromatic carbocycles. The molecule has 0 saturated carbocycles. The number of benzene rings is 1. The van der Waals surface area contributed by atoms with Crippen molar-refractivity contribution in [2.75, 3.05) is 37.5 Å². The Bertz CT molecular complexity index is 372. The van der Waals surface area contributed by atoms with E-state index in [1.54, 1.807) is 0 Å². The zero-order valence-corrected chi connectivity index (χ0v) is 11.7. The predicted octanol–water partition coefficient (Wildman–Crippen LogP) is 3.37. The van der Waals surface area contributed by atoms with Crippen LogP contribution in [0.15, 0.2) is 23.1 Å². The summed E-state index contributed by atoms with van der Waals surface area (Å²) in [6, 6.07) is 6.93. The second kappa shape index (κ2) is 5.78. The molecule has 3 heteroatoms. The predicted molar refractivity (Wildman–Crippen MR) is 75.3 cm³/mol. The Balaban J connectivity index is 2.28. The second-order valence-electron chi connectivity index (χ2n) is 4.72. The van der Waals surface area contributed by atoms with Crippen LogP contribution in [0.5, 0.6) is 0 Å². The number of thioether (sulfide) groups is 1. The van der Waals surface area contributed by atoms with Crippen molar-refractivity contribution in [1.82, 2.24) is 0 Å². The quantitative estimate of drug-likeness (QED) is 0.764. The largest absolute Gasteiger partial charge is 0.378 e. The Hall–Kier alpha value is -0.670. The molecule has 0 radical (unpaired) electrons. The molecule has 1 aromatic rings. The van der Waals surface area contributed by atoms with E-state index in [-0.39, 0.29) is 0 Å². The number of nitrogens with zero attached hydrogens (tertiary/aromatic N) is 1. The van der Waals surface area contributed by atoms with E-state index in [4.69, 9.17) is 4.74 Å². The van der Waals surface area contributed by atoms with Crippen molar-refractivity contribution in [3.63, 3.8) is 0 Å².